The first-order valence-corrected chi connectivity index (χ1v) is 9.90. The molecule has 0 bridgehead atoms. The third-order valence-corrected chi connectivity index (χ3v) is 5.00. The first kappa shape index (κ1) is 23.3. The number of carbonyl (C=O) groups is 3. The summed E-state index contributed by atoms with van der Waals surface area (Å²) >= 11 is 0. The average Bonchev–Trinajstić information content (AvgIpc) is 3.09. The molecule has 1 heterocycles. The molecule has 0 saturated heterocycles. The van der Waals surface area contributed by atoms with Crippen molar-refractivity contribution in [1.29, 1.82) is 0 Å². The van der Waals surface area contributed by atoms with Crippen LogP contribution in [-0.4, -0.2) is 50.7 Å². The number of ether oxygens (including phenoxy) is 3. The van der Waals surface area contributed by atoms with Gasteiger partial charge in [0, 0.05) is 31.6 Å². The van der Waals surface area contributed by atoms with Crippen LogP contribution in [0.3, 0.4) is 0 Å². The van der Waals surface area contributed by atoms with Gasteiger partial charge >= 0.3 is 18.0 Å². The third kappa shape index (κ3) is 5.11. The highest BCUT2D eigenvalue weighted by Gasteiger charge is 2.32. The lowest BCUT2D eigenvalue weighted by molar-refractivity contribution is -0.143. The van der Waals surface area contributed by atoms with Gasteiger partial charge in [-0.05, 0) is 39.2 Å². The van der Waals surface area contributed by atoms with Gasteiger partial charge in [-0.25, -0.2) is 9.59 Å². The number of fused-ring (bicyclic) bond motifs is 1. The highest BCUT2D eigenvalue weighted by molar-refractivity contribution is 6.05. The minimum Gasteiger partial charge on any atom is -0.496 e. The minimum atomic E-state index is -0.464. The van der Waals surface area contributed by atoms with Crippen LogP contribution in [0, 0.1) is 6.92 Å². The second-order valence-corrected chi connectivity index (χ2v) is 7.33. The van der Waals surface area contributed by atoms with Crippen molar-refractivity contribution in [3.05, 3.63) is 33.9 Å². The Morgan fingerprint density at radius 3 is 2.57 bits per heavy atom. The van der Waals surface area contributed by atoms with E-state index in [1.165, 1.54) is 4.90 Å². The highest BCUT2D eigenvalue weighted by atomic mass is 16.5. The number of rotatable bonds is 8. The van der Waals surface area contributed by atoms with E-state index in [1.54, 1.807) is 28.1 Å². The van der Waals surface area contributed by atoms with Gasteiger partial charge in [0.15, 0.2) is 0 Å². The molecule has 0 aromatic heterocycles. The number of esters is 2. The molecule has 0 spiro atoms. The first-order chi connectivity index (χ1) is 14.2. The van der Waals surface area contributed by atoms with E-state index in [9.17, 15) is 14.4 Å². The van der Waals surface area contributed by atoms with Crippen molar-refractivity contribution >= 4 is 23.7 Å². The van der Waals surface area contributed by atoms with E-state index < -0.39 is 5.97 Å². The van der Waals surface area contributed by atoms with Gasteiger partial charge in [0.2, 0.25) is 0 Å². The second kappa shape index (κ2) is 10.1. The number of hydrogen-bond donors (Lipinski definition) is 1. The number of nitrogens with zero attached hydrogens (tertiary/aromatic N) is 1. The summed E-state index contributed by atoms with van der Waals surface area (Å²) in [5, 5.41) is 2.84. The summed E-state index contributed by atoms with van der Waals surface area (Å²) in [5.41, 5.74) is 4.00. The Morgan fingerprint density at radius 2 is 1.97 bits per heavy atom. The minimum absolute atomic E-state index is 0.149. The molecule has 0 aliphatic carbocycles. The number of carbonyl (C=O) groups excluding carboxylic acids is 3. The summed E-state index contributed by atoms with van der Waals surface area (Å²) in [7, 11) is 4.81. The van der Waals surface area contributed by atoms with E-state index in [2.05, 4.69) is 5.32 Å². The summed E-state index contributed by atoms with van der Waals surface area (Å²) < 4.78 is 15.8. The quantitative estimate of drug-likeness (QED) is 0.512. The smallest absolute Gasteiger partial charge is 0.341 e. The number of nitrogens with one attached hydrogen (secondary N) is 1. The number of urea groups is 1. The lowest BCUT2D eigenvalue weighted by Crippen LogP contribution is -2.29. The Balaban J connectivity index is 2.44. The molecule has 0 radical (unpaired) electrons. The van der Waals surface area contributed by atoms with Gasteiger partial charge in [0.1, 0.15) is 12.4 Å². The first-order valence-electron chi connectivity index (χ1n) is 9.90. The molecule has 1 N–H and O–H groups in total. The van der Waals surface area contributed by atoms with Gasteiger partial charge < -0.3 is 24.4 Å². The Morgan fingerprint density at radius 1 is 1.27 bits per heavy atom. The van der Waals surface area contributed by atoms with Crippen molar-refractivity contribution in [1.82, 2.24) is 4.90 Å². The van der Waals surface area contributed by atoms with Crippen LogP contribution in [-0.2, 0) is 27.3 Å². The van der Waals surface area contributed by atoms with Crippen molar-refractivity contribution in [2.45, 2.75) is 46.6 Å². The number of methoxy groups -OCH3 is 1. The average molecular weight is 418 g/mol. The summed E-state index contributed by atoms with van der Waals surface area (Å²) in [6.07, 6.45) is 3.25. The molecule has 0 unspecified atom stereocenters. The van der Waals surface area contributed by atoms with Crippen LogP contribution in [0.2, 0.25) is 0 Å². The van der Waals surface area contributed by atoms with E-state index in [0.717, 1.165) is 16.7 Å². The summed E-state index contributed by atoms with van der Waals surface area (Å²) in [4.78, 5) is 37.8. The molecule has 0 saturated carbocycles. The zero-order chi connectivity index (χ0) is 22.4. The molecule has 164 valence electrons. The number of amides is 2. The maximum absolute atomic E-state index is 12.4. The topological polar surface area (TPSA) is 94.2 Å². The number of cyclic esters (lactones) is 1. The number of anilines is 1. The second-order valence-electron chi connectivity index (χ2n) is 7.33. The fraction of sp³-hybridized carbons (Fsp3) is 0.500. The van der Waals surface area contributed by atoms with Gasteiger partial charge in [0.05, 0.1) is 25.0 Å². The molecule has 0 fully saturated rings. The van der Waals surface area contributed by atoms with Crippen LogP contribution in [0.1, 0.15) is 53.7 Å². The summed E-state index contributed by atoms with van der Waals surface area (Å²) in [6, 6.07) is -0.355. The highest BCUT2D eigenvalue weighted by Crippen LogP contribution is 2.41. The molecular formula is C22H30N2O6. The SMILES string of the molecule is CCOC(=O)CCC(C)=CCc1c(NC(=O)N(C)C)c2c(c(C)c1OC)COC2=O. The van der Waals surface area contributed by atoms with Crippen LogP contribution in [0.25, 0.3) is 0 Å². The molecule has 8 heteroatoms. The van der Waals surface area contributed by atoms with Crippen molar-refractivity contribution in [3.63, 3.8) is 0 Å². The fourth-order valence-electron chi connectivity index (χ4n) is 3.32. The van der Waals surface area contributed by atoms with Crippen molar-refractivity contribution in [3.8, 4) is 5.75 Å². The Kier molecular flexibility index (Phi) is 7.86. The van der Waals surface area contributed by atoms with Crippen LogP contribution >= 0.6 is 0 Å². The number of hydrogen-bond acceptors (Lipinski definition) is 6. The number of allylic oxidation sites excluding steroid dienone is 2. The lowest BCUT2D eigenvalue weighted by Gasteiger charge is -2.21. The van der Waals surface area contributed by atoms with Crippen LogP contribution in [0.4, 0.5) is 10.5 Å². The van der Waals surface area contributed by atoms with Gasteiger partial charge in [-0.2, -0.15) is 0 Å². The fourth-order valence-corrected chi connectivity index (χ4v) is 3.32. The van der Waals surface area contributed by atoms with Crippen molar-refractivity contribution in [2.24, 2.45) is 0 Å². The van der Waals surface area contributed by atoms with E-state index in [4.69, 9.17) is 14.2 Å². The van der Waals surface area contributed by atoms with E-state index in [-0.39, 0.29) is 18.6 Å². The van der Waals surface area contributed by atoms with Gasteiger partial charge in [-0.15, -0.1) is 0 Å². The summed E-state index contributed by atoms with van der Waals surface area (Å²) in [5.74, 6) is -0.0949. The lowest BCUT2D eigenvalue weighted by atomic mass is 9.93. The van der Waals surface area contributed by atoms with Crippen molar-refractivity contribution < 1.29 is 28.6 Å². The number of benzene rings is 1. The maximum Gasteiger partial charge on any atom is 0.341 e. The largest absolute Gasteiger partial charge is 0.496 e. The van der Waals surface area contributed by atoms with Crippen LogP contribution < -0.4 is 10.1 Å². The zero-order valence-electron chi connectivity index (χ0n) is 18.5. The molecule has 1 aliphatic rings. The summed E-state index contributed by atoms with van der Waals surface area (Å²) in [6.45, 7) is 6.09. The molecule has 2 rings (SSSR count). The molecular weight excluding hydrogens is 388 g/mol. The Labute approximate surface area is 177 Å². The predicted molar refractivity (Wildman–Crippen MR) is 113 cm³/mol. The molecule has 8 nitrogen and oxygen atoms in total. The van der Waals surface area contributed by atoms with Gasteiger partial charge in [-0.3, -0.25) is 4.79 Å². The monoisotopic (exact) mass is 418 g/mol. The van der Waals surface area contributed by atoms with Gasteiger partial charge in [0.25, 0.3) is 0 Å². The zero-order valence-corrected chi connectivity index (χ0v) is 18.5. The molecule has 2 amide bonds. The predicted octanol–water partition coefficient (Wildman–Crippen LogP) is 3.60. The standard InChI is InChI=1S/C22H30N2O6/c1-7-29-17(25)11-9-13(2)8-10-15-19(23-22(27)24(4)5)18-16(12-30-21(18)26)14(3)20(15)28-6/h8H,7,9-12H2,1-6H3,(H,23,27). The normalized spacial score (nSPS) is 12.9. The third-order valence-electron chi connectivity index (χ3n) is 5.00. The molecule has 0 atom stereocenters. The van der Waals surface area contributed by atoms with Crippen molar-refractivity contribution in [2.75, 3.05) is 33.1 Å². The molecule has 1 aromatic rings. The molecule has 1 aromatic carbocycles. The van der Waals surface area contributed by atoms with Crippen LogP contribution in [0.5, 0.6) is 5.75 Å². The molecule has 30 heavy (non-hydrogen) atoms. The Hall–Kier alpha value is -3.03. The molecule has 1 aliphatic heterocycles. The van der Waals surface area contributed by atoms with E-state index in [1.807, 2.05) is 19.9 Å². The van der Waals surface area contributed by atoms with E-state index in [0.29, 0.717) is 48.4 Å². The van der Waals surface area contributed by atoms with Gasteiger partial charge in [-0.1, -0.05) is 11.6 Å². The Bertz CT molecular complexity index is 873. The maximum atomic E-state index is 12.4. The van der Waals surface area contributed by atoms with E-state index >= 15 is 0 Å². The van der Waals surface area contributed by atoms with Crippen LogP contribution in [0.15, 0.2) is 11.6 Å².